The highest BCUT2D eigenvalue weighted by Gasteiger charge is 2.19. The van der Waals surface area contributed by atoms with Crippen molar-refractivity contribution < 1.29 is 5.11 Å². The van der Waals surface area contributed by atoms with E-state index in [2.05, 4.69) is 5.92 Å². The summed E-state index contributed by atoms with van der Waals surface area (Å²) in [6.45, 7) is 0. The first-order valence-corrected chi connectivity index (χ1v) is 4.83. The number of aliphatic hydroxyl groups is 1. The average molecular weight is 220 g/mol. The molecule has 0 bridgehead atoms. The van der Waals surface area contributed by atoms with Crippen molar-refractivity contribution in [1.29, 1.82) is 5.26 Å². The molecule has 0 saturated heterocycles. The average Bonchev–Trinajstić information content (AvgIpc) is 2.19. The SMILES string of the molecule is C#CCC(O)C(C#N)c1cccc(Cl)c1. The molecule has 0 saturated carbocycles. The van der Waals surface area contributed by atoms with Crippen molar-refractivity contribution in [2.75, 3.05) is 0 Å². The minimum atomic E-state index is -0.849. The first kappa shape index (κ1) is 11.6. The van der Waals surface area contributed by atoms with Gasteiger partial charge in [0.25, 0.3) is 0 Å². The zero-order valence-electron chi connectivity index (χ0n) is 8.02. The highest BCUT2D eigenvalue weighted by atomic mass is 35.5. The van der Waals surface area contributed by atoms with Gasteiger partial charge in [-0.05, 0) is 17.7 Å². The topological polar surface area (TPSA) is 44.0 Å². The van der Waals surface area contributed by atoms with Crippen LogP contribution in [0.5, 0.6) is 0 Å². The second-order valence-electron chi connectivity index (χ2n) is 3.14. The van der Waals surface area contributed by atoms with E-state index in [1.54, 1.807) is 24.3 Å². The molecule has 1 aromatic rings. The lowest BCUT2D eigenvalue weighted by Gasteiger charge is -2.14. The fourth-order valence-corrected chi connectivity index (χ4v) is 1.52. The van der Waals surface area contributed by atoms with E-state index >= 15 is 0 Å². The Morgan fingerprint density at radius 1 is 1.53 bits per heavy atom. The van der Waals surface area contributed by atoms with Gasteiger partial charge in [-0.2, -0.15) is 5.26 Å². The number of halogens is 1. The molecule has 15 heavy (non-hydrogen) atoms. The molecular formula is C12H10ClNO. The van der Waals surface area contributed by atoms with Crippen LogP contribution >= 0.6 is 11.6 Å². The normalized spacial score (nSPS) is 13.6. The molecule has 0 spiro atoms. The summed E-state index contributed by atoms with van der Waals surface area (Å²) in [7, 11) is 0. The summed E-state index contributed by atoms with van der Waals surface area (Å²) in [4.78, 5) is 0. The van der Waals surface area contributed by atoms with E-state index in [1.807, 2.05) is 6.07 Å². The van der Waals surface area contributed by atoms with Gasteiger partial charge in [-0.3, -0.25) is 0 Å². The summed E-state index contributed by atoms with van der Waals surface area (Å²) in [6, 6.07) is 8.89. The Morgan fingerprint density at radius 2 is 2.27 bits per heavy atom. The Balaban J connectivity index is 2.94. The molecule has 2 nitrogen and oxygen atoms in total. The van der Waals surface area contributed by atoms with E-state index in [0.717, 1.165) is 0 Å². The summed E-state index contributed by atoms with van der Waals surface area (Å²) < 4.78 is 0. The van der Waals surface area contributed by atoms with Crippen molar-refractivity contribution in [2.45, 2.75) is 18.4 Å². The Labute approximate surface area is 94.1 Å². The molecule has 0 aliphatic heterocycles. The lowest BCUT2D eigenvalue weighted by Crippen LogP contribution is -2.16. The van der Waals surface area contributed by atoms with E-state index in [1.165, 1.54) is 0 Å². The third kappa shape index (κ3) is 2.99. The lowest BCUT2D eigenvalue weighted by atomic mass is 9.93. The van der Waals surface area contributed by atoms with E-state index in [0.29, 0.717) is 10.6 Å². The third-order valence-corrected chi connectivity index (χ3v) is 2.29. The standard InChI is InChI=1S/C12H10ClNO/c1-2-4-12(15)11(8-14)9-5-3-6-10(13)7-9/h1,3,5-7,11-12,15H,4H2. The van der Waals surface area contributed by atoms with Crippen molar-refractivity contribution in [3.63, 3.8) is 0 Å². The number of nitrogens with zero attached hydrogens (tertiary/aromatic N) is 1. The second-order valence-corrected chi connectivity index (χ2v) is 3.57. The van der Waals surface area contributed by atoms with Crippen molar-refractivity contribution in [3.8, 4) is 18.4 Å². The maximum atomic E-state index is 9.65. The van der Waals surface area contributed by atoms with Crippen LogP contribution in [0.15, 0.2) is 24.3 Å². The molecule has 0 radical (unpaired) electrons. The third-order valence-electron chi connectivity index (χ3n) is 2.06. The predicted octanol–water partition coefficient (Wildman–Crippen LogP) is 2.33. The van der Waals surface area contributed by atoms with Gasteiger partial charge >= 0.3 is 0 Å². The Hall–Kier alpha value is -1.48. The fourth-order valence-electron chi connectivity index (χ4n) is 1.32. The predicted molar refractivity (Wildman–Crippen MR) is 59.3 cm³/mol. The molecule has 0 aliphatic carbocycles. The molecule has 1 aromatic carbocycles. The van der Waals surface area contributed by atoms with Crippen LogP contribution < -0.4 is 0 Å². The highest BCUT2D eigenvalue weighted by Crippen LogP contribution is 2.23. The maximum Gasteiger partial charge on any atom is 0.0981 e. The van der Waals surface area contributed by atoms with Crippen molar-refractivity contribution in [1.82, 2.24) is 0 Å². The van der Waals surface area contributed by atoms with Crippen molar-refractivity contribution in [3.05, 3.63) is 34.9 Å². The lowest BCUT2D eigenvalue weighted by molar-refractivity contribution is 0.167. The minimum absolute atomic E-state index is 0.157. The van der Waals surface area contributed by atoms with Gasteiger partial charge in [0.05, 0.1) is 18.1 Å². The molecule has 0 amide bonds. The van der Waals surface area contributed by atoms with Crippen LogP contribution in [0.25, 0.3) is 0 Å². The van der Waals surface area contributed by atoms with E-state index in [-0.39, 0.29) is 6.42 Å². The number of aliphatic hydroxyl groups excluding tert-OH is 1. The number of nitriles is 1. The first-order chi connectivity index (χ1) is 7.19. The van der Waals surface area contributed by atoms with Gasteiger partial charge in [-0.15, -0.1) is 12.3 Å². The molecule has 0 fully saturated rings. The van der Waals surface area contributed by atoms with Crippen LogP contribution in [0.3, 0.4) is 0 Å². The maximum absolute atomic E-state index is 9.65. The molecule has 1 rings (SSSR count). The van der Waals surface area contributed by atoms with Crippen LogP contribution in [0.2, 0.25) is 5.02 Å². The van der Waals surface area contributed by atoms with Crippen molar-refractivity contribution in [2.24, 2.45) is 0 Å². The van der Waals surface area contributed by atoms with Crippen LogP contribution in [0.1, 0.15) is 17.9 Å². The van der Waals surface area contributed by atoms with Crippen LogP contribution in [-0.4, -0.2) is 11.2 Å². The van der Waals surface area contributed by atoms with Gasteiger partial charge in [0.15, 0.2) is 0 Å². The molecule has 0 aliphatic rings. The van der Waals surface area contributed by atoms with Crippen molar-refractivity contribution >= 4 is 11.6 Å². The van der Waals surface area contributed by atoms with Crippen LogP contribution in [0.4, 0.5) is 0 Å². The molecule has 3 heteroatoms. The number of terminal acetylenes is 1. The summed E-state index contributed by atoms with van der Waals surface area (Å²) in [5.74, 6) is 1.71. The molecule has 0 aromatic heterocycles. The Bertz CT molecular complexity index is 416. The second kappa shape index (κ2) is 5.41. The summed E-state index contributed by atoms with van der Waals surface area (Å²) >= 11 is 5.80. The molecular weight excluding hydrogens is 210 g/mol. The zero-order chi connectivity index (χ0) is 11.3. The van der Waals surface area contributed by atoms with Gasteiger partial charge in [-0.1, -0.05) is 23.7 Å². The Morgan fingerprint density at radius 3 is 2.80 bits per heavy atom. The van der Waals surface area contributed by atoms with Gasteiger partial charge in [-0.25, -0.2) is 0 Å². The van der Waals surface area contributed by atoms with Crippen LogP contribution in [-0.2, 0) is 0 Å². The highest BCUT2D eigenvalue weighted by molar-refractivity contribution is 6.30. The molecule has 1 N–H and O–H groups in total. The minimum Gasteiger partial charge on any atom is -0.390 e. The number of hydrogen-bond donors (Lipinski definition) is 1. The van der Waals surface area contributed by atoms with Gasteiger partial charge in [0.2, 0.25) is 0 Å². The van der Waals surface area contributed by atoms with Crippen LogP contribution in [0, 0.1) is 23.7 Å². The molecule has 76 valence electrons. The van der Waals surface area contributed by atoms with Gasteiger partial charge in [0.1, 0.15) is 0 Å². The van der Waals surface area contributed by atoms with Gasteiger partial charge < -0.3 is 5.11 Å². The number of hydrogen-bond acceptors (Lipinski definition) is 2. The summed E-state index contributed by atoms with van der Waals surface area (Å²) in [6.07, 6.45) is 4.39. The zero-order valence-corrected chi connectivity index (χ0v) is 8.78. The van der Waals surface area contributed by atoms with Gasteiger partial charge in [0, 0.05) is 11.4 Å². The summed E-state index contributed by atoms with van der Waals surface area (Å²) in [5.41, 5.74) is 0.688. The van der Waals surface area contributed by atoms with E-state index < -0.39 is 12.0 Å². The largest absolute Gasteiger partial charge is 0.390 e. The van der Waals surface area contributed by atoms with E-state index in [9.17, 15) is 5.11 Å². The molecule has 2 unspecified atom stereocenters. The van der Waals surface area contributed by atoms with E-state index in [4.69, 9.17) is 23.3 Å². The number of rotatable bonds is 3. The first-order valence-electron chi connectivity index (χ1n) is 4.45. The quantitative estimate of drug-likeness (QED) is 0.793. The molecule has 0 heterocycles. The fraction of sp³-hybridized carbons (Fsp3) is 0.250. The monoisotopic (exact) mass is 219 g/mol. The smallest absolute Gasteiger partial charge is 0.0981 e. The summed E-state index contributed by atoms with van der Waals surface area (Å²) in [5, 5.41) is 19.1. The number of benzene rings is 1. The molecule has 2 atom stereocenters. The Kier molecular flexibility index (Phi) is 4.18.